The van der Waals surface area contributed by atoms with Gasteiger partial charge in [-0.05, 0) is 29.8 Å². The Labute approximate surface area is 76.1 Å². The molecule has 0 bridgehead atoms. The lowest BCUT2D eigenvalue weighted by atomic mass is 9.83. The van der Waals surface area contributed by atoms with E-state index in [0.29, 0.717) is 0 Å². The molecule has 0 aliphatic carbocycles. The van der Waals surface area contributed by atoms with Gasteiger partial charge in [-0.1, -0.05) is 34.1 Å². The first-order valence-corrected chi connectivity index (χ1v) is 6.01. The summed E-state index contributed by atoms with van der Waals surface area (Å²) in [6.07, 6.45) is 3.53. The largest absolute Gasteiger partial charge is 0.165 e. The zero-order valence-electron chi connectivity index (χ0n) is 8.55. The molecule has 0 saturated carbocycles. The van der Waals surface area contributed by atoms with Crippen molar-refractivity contribution in [2.45, 2.75) is 34.1 Å². The molecule has 2 unspecified atom stereocenters. The van der Waals surface area contributed by atoms with Crippen LogP contribution in [0.2, 0.25) is 0 Å². The summed E-state index contributed by atoms with van der Waals surface area (Å²) in [5.41, 5.74) is 0. The Morgan fingerprint density at radius 1 is 1.18 bits per heavy atom. The quantitative estimate of drug-likeness (QED) is 0.613. The maximum absolute atomic E-state index is 2.38. The summed E-state index contributed by atoms with van der Waals surface area (Å²) in [5, 5.41) is 0. The predicted molar refractivity (Wildman–Crippen MR) is 56.2 cm³/mol. The summed E-state index contributed by atoms with van der Waals surface area (Å²) in [6.45, 7) is 9.36. The lowest BCUT2D eigenvalue weighted by Crippen LogP contribution is -2.18. The standard InChI is InChI=1S/C10H22S/c1-6-10(8(2)3)9(4)7-11-5/h8-10H,6-7H2,1-5H3. The predicted octanol–water partition coefficient (Wildman–Crippen LogP) is 3.67. The number of hydrogen-bond acceptors (Lipinski definition) is 1. The van der Waals surface area contributed by atoms with Gasteiger partial charge in [0.2, 0.25) is 0 Å². The molecule has 0 aliphatic heterocycles. The fourth-order valence-electron chi connectivity index (χ4n) is 1.92. The maximum Gasteiger partial charge on any atom is -0.00418 e. The highest BCUT2D eigenvalue weighted by Crippen LogP contribution is 2.26. The third-order valence-corrected chi connectivity index (χ3v) is 3.35. The zero-order chi connectivity index (χ0) is 8.85. The molecule has 0 saturated heterocycles. The SMILES string of the molecule is CCC(C(C)C)C(C)CSC. The molecule has 0 amide bonds. The summed E-state index contributed by atoms with van der Waals surface area (Å²) in [6, 6.07) is 0. The Bertz CT molecular complexity index is 88.9. The molecule has 1 heteroatoms. The van der Waals surface area contributed by atoms with E-state index in [-0.39, 0.29) is 0 Å². The van der Waals surface area contributed by atoms with Crippen LogP contribution in [0.5, 0.6) is 0 Å². The first-order valence-electron chi connectivity index (χ1n) is 4.62. The molecule has 68 valence electrons. The Morgan fingerprint density at radius 3 is 2.00 bits per heavy atom. The van der Waals surface area contributed by atoms with Gasteiger partial charge in [-0.3, -0.25) is 0 Å². The van der Waals surface area contributed by atoms with E-state index in [1.54, 1.807) is 0 Å². The van der Waals surface area contributed by atoms with Crippen LogP contribution in [0.1, 0.15) is 34.1 Å². The van der Waals surface area contributed by atoms with E-state index >= 15 is 0 Å². The van der Waals surface area contributed by atoms with Crippen LogP contribution < -0.4 is 0 Å². The third kappa shape index (κ3) is 4.05. The average Bonchev–Trinajstić information content (AvgIpc) is 1.88. The molecule has 0 fully saturated rings. The van der Waals surface area contributed by atoms with Crippen molar-refractivity contribution in [2.75, 3.05) is 12.0 Å². The molecule has 0 aromatic rings. The van der Waals surface area contributed by atoms with Gasteiger partial charge >= 0.3 is 0 Å². The van der Waals surface area contributed by atoms with Crippen molar-refractivity contribution in [3.05, 3.63) is 0 Å². The van der Waals surface area contributed by atoms with Crippen LogP contribution in [0.15, 0.2) is 0 Å². The van der Waals surface area contributed by atoms with E-state index in [1.165, 1.54) is 12.2 Å². The van der Waals surface area contributed by atoms with Gasteiger partial charge in [0, 0.05) is 0 Å². The fraction of sp³-hybridized carbons (Fsp3) is 1.00. The topological polar surface area (TPSA) is 0 Å². The summed E-state index contributed by atoms with van der Waals surface area (Å²) < 4.78 is 0. The van der Waals surface area contributed by atoms with Gasteiger partial charge < -0.3 is 0 Å². The van der Waals surface area contributed by atoms with Crippen LogP contribution in [-0.2, 0) is 0 Å². The number of thioether (sulfide) groups is 1. The van der Waals surface area contributed by atoms with Gasteiger partial charge in [0.25, 0.3) is 0 Å². The number of hydrogen-bond donors (Lipinski definition) is 0. The average molecular weight is 174 g/mol. The Morgan fingerprint density at radius 2 is 1.73 bits per heavy atom. The second kappa shape index (κ2) is 5.93. The molecule has 0 rings (SSSR count). The van der Waals surface area contributed by atoms with Crippen LogP contribution in [0, 0.1) is 17.8 Å². The summed E-state index contributed by atoms with van der Waals surface area (Å²) in [4.78, 5) is 0. The van der Waals surface area contributed by atoms with Crippen molar-refractivity contribution >= 4 is 11.8 Å². The number of rotatable bonds is 5. The van der Waals surface area contributed by atoms with Crippen LogP contribution in [0.3, 0.4) is 0 Å². The van der Waals surface area contributed by atoms with Crippen molar-refractivity contribution in [1.29, 1.82) is 0 Å². The van der Waals surface area contributed by atoms with Gasteiger partial charge in [-0.25, -0.2) is 0 Å². The van der Waals surface area contributed by atoms with Crippen molar-refractivity contribution in [3.8, 4) is 0 Å². The lowest BCUT2D eigenvalue weighted by molar-refractivity contribution is 0.283. The van der Waals surface area contributed by atoms with Gasteiger partial charge in [0.1, 0.15) is 0 Å². The van der Waals surface area contributed by atoms with Crippen molar-refractivity contribution in [1.82, 2.24) is 0 Å². The minimum Gasteiger partial charge on any atom is -0.165 e. The second-order valence-electron chi connectivity index (χ2n) is 3.75. The normalized spacial score (nSPS) is 16.9. The summed E-state index contributed by atoms with van der Waals surface area (Å²) in [7, 11) is 0. The molecule has 0 spiro atoms. The zero-order valence-corrected chi connectivity index (χ0v) is 9.37. The summed E-state index contributed by atoms with van der Waals surface area (Å²) in [5.74, 6) is 3.97. The highest BCUT2D eigenvalue weighted by atomic mass is 32.2. The van der Waals surface area contributed by atoms with E-state index in [9.17, 15) is 0 Å². The van der Waals surface area contributed by atoms with Gasteiger partial charge in [-0.2, -0.15) is 11.8 Å². The molecule has 0 nitrogen and oxygen atoms in total. The second-order valence-corrected chi connectivity index (χ2v) is 4.66. The maximum atomic E-state index is 2.38. The minimum absolute atomic E-state index is 0.849. The van der Waals surface area contributed by atoms with Crippen molar-refractivity contribution in [3.63, 3.8) is 0 Å². The van der Waals surface area contributed by atoms with Crippen LogP contribution in [-0.4, -0.2) is 12.0 Å². The first kappa shape index (κ1) is 11.4. The van der Waals surface area contributed by atoms with Crippen molar-refractivity contribution in [2.24, 2.45) is 17.8 Å². The first-order chi connectivity index (χ1) is 5.13. The van der Waals surface area contributed by atoms with Crippen LogP contribution in [0.25, 0.3) is 0 Å². The molecule has 2 atom stereocenters. The molecule has 0 aromatic heterocycles. The smallest absolute Gasteiger partial charge is 0.00418 e. The van der Waals surface area contributed by atoms with Gasteiger partial charge in [-0.15, -0.1) is 0 Å². The highest BCUT2D eigenvalue weighted by molar-refractivity contribution is 7.98. The highest BCUT2D eigenvalue weighted by Gasteiger charge is 2.17. The van der Waals surface area contributed by atoms with E-state index in [1.807, 2.05) is 11.8 Å². The molecule has 0 aliphatic rings. The molecule has 0 aromatic carbocycles. The van der Waals surface area contributed by atoms with Gasteiger partial charge in [0.15, 0.2) is 0 Å². The molecule has 0 N–H and O–H groups in total. The molecular formula is C10H22S. The Balaban J connectivity index is 3.81. The van der Waals surface area contributed by atoms with Crippen LogP contribution >= 0.6 is 11.8 Å². The summed E-state index contributed by atoms with van der Waals surface area (Å²) >= 11 is 1.97. The van der Waals surface area contributed by atoms with E-state index in [0.717, 1.165) is 17.8 Å². The molecule has 0 heterocycles. The monoisotopic (exact) mass is 174 g/mol. The van der Waals surface area contributed by atoms with Gasteiger partial charge in [0.05, 0.1) is 0 Å². The van der Waals surface area contributed by atoms with E-state index < -0.39 is 0 Å². The Hall–Kier alpha value is 0.350. The van der Waals surface area contributed by atoms with E-state index in [4.69, 9.17) is 0 Å². The molecule has 0 radical (unpaired) electrons. The third-order valence-electron chi connectivity index (χ3n) is 2.49. The lowest BCUT2D eigenvalue weighted by Gasteiger charge is -2.25. The van der Waals surface area contributed by atoms with E-state index in [2.05, 4.69) is 34.0 Å². The molecular weight excluding hydrogens is 152 g/mol. The Kier molecular flexibility index (Phi) is 6.12. The minimum atomic E-state index is 0.849. The fourth-order valence-corrected chi connectivity index (χ4v) is 2.69. The molecule has 11 heavy (non-hydrogen) atoms. The van der Waals surface area contributed by atoms with Crippen molar-refractivity contribution < 1.29 is 0 Å². The van der Waals surface area contributed by atoms with Crippen LogP contribution in [0.4, 0.5) is 0 Å².